The average Bonchev–Trinajstić information content (AvgIpc) is 2.94. The zero-order valence-electron chi connectivity index (χ0n) is 10.1. The minimum atomic E-state index is -0.236. The fraction of sp³-hybridized carbons (Fsp3) is 0.667. The molecule has 2 N–H and O–H groups in total. The maximum Gasteiger partial charge on any atom is 0.161 e. The van der Waals surface area contributed by atoms with Crippen LogP contribution >= 0.6 is 0 Å². The Morgan fingerprint density at radius 2 is 2.47 bits per heavy atom. The molecule has 17 heavy (non-hydrogen) atoms. The number of rotatable bonds is 5. The van der Waals surface area contributed by atoms with Gasteiger partial charge in [-0.2, -0.15) is 5.10 Å². The molecule has 2 rings (SSSR count). The molecule has 0 aromatic carbocycles. The van der Waals surface area contributed by atoms with E-state index in [0.717, 1.165) is 24.8 Å². The summed E-state index contributed by atoms with van der Waals surface area (Å²) in [6, 6.07) is 0. The van der Waals surface area contributed by atoms with E-state index in [-0.39, 0.29) is 18.0 Å². The molecule has 5 nitrogen and oxygen atoms in total. The van der Waals surface area contributed by atoms with Crippen molar-refractivity contribution in [3.8, 4) is 0 Å². The Hall–Kier alpha value is -1.20. The van der Waals surface area contributed by atoms with E-state index in [4.69, 9.17) is 10.5 Å². The number of aryl methyl sites for hydroxylation is 2. The number of carbonyl (C=O) groups is 1. The normalized spacial score (nSPS) is 24.1. The molecule has 1 fully saturated rings. The molecule has 0 aliphatic carbocycles. The van der Waals surface area contributed by atoms with E-state index in [1.807, 2.05) is 13.2 Å². The van der Waals surface area contributed by atoms with Gasteiger partial charge in [-0.1, -0.05) is 0 Å². The first-order chi connectivity index (χ1) is 8.19. The van der Waals surface area contributed by atoms with Gasteiger partial charge in [-0.15, -0.1) is 0 Å². The van der Waals surface area contributed by atoms with Crippen molar-refractivity contribution in [3.05, 3.63) is 18.0 Å². The maximum absolute atomic E-state index is 11.9. The van der Waals surface area contributed by atoms with Crippen LogP contribution in [-0.4, -0.2) is 34.3 Å². The van der Waals surface area contributed by atoms with Crippen molar-refractivity contribution in [3.63, 3.8) is 0 Å². The van der Waals surface area contributed by atoms with Crippen LogP contribution in [0.25, 0.3) is 0 Å². The van der Waals surface area contributed by atoms with Gasteiger partial charge in [0.15, 0.2) is 5.78 Å². The van der Waals surface area contributed by atoms with E-state index in [1.54, 1.807) is 10.9 Å². The quantitative estimate of drug-likeness (QED) is 0.806. The lowest BCUT2D eigenvalue weighted by atomic mass is 10.1. The van der Waals surface area contributed by atoms with E-state index >= 15 is 0 Å². The summed E-state index contributed by atoms with van der Waals surface area (Å²) in [4.78, 5) is 11.9. The van der Waals surface area contributed by atoms with Gasteiger partial charge >= 0.3 is 0 Å². The Labute approximate surface area is 101 Å². The van der Waals surface area contributed by atoms with Crippen LogP contribution < -0.4 is 5.73 Å². The van der Waals surface area contributed by atoms with Crippen LogP contribution in [0.3, 0.4) is 0 Å². The van der Waals surface area contributed by atoms with E-state index in [2.05, 4.69) is 5.10 Å². The number of nitrogens with two attached hydrogens (primary N) is 1. The van der Waals surface area contributed by atoms with Gasteiger partial charge in [-0.25, -0.2) is 0 Å². The molecule has 0 bridgehead atoms. The number of hydrogen-bond donors (Lipinski definition) is 1. The molecule has 94 valence electrons. The maximum atomic E-state index is 11.9. The molecule has 2 atom stereocenters. The predicted octanol–water partition coefficient (Wildman–Crippen LogP) is 0.428. The molecular formula is C12H19N3O2. The van der Waals surface area contributed by atoms with Crippen LogP contribution in [0.2, 0.25) is 0 Å². The summed E-state index contributed by atoms with van der Waals surface area (Å²) in [6.45, 7) is 0.506. The third-order valence-electron chi connectivity index (χ3n) is 3.15. The second-order valence-corrected chi connectivity index (χ2v) is 4.55. The summed E-state index contributed by atoms with van der Waals surface area (Å²) in [7, 11) is 1.87. The smallest absolute Gasteiger partial charge is 0.161 e. The highest BCUT2D eigenvalue weighted by atomic mass is 16.5. The van der Waals surface area contributed by atoms with Crippen molar-refractivity contribution in [2.24, 2.45) is 12.8 Å². The Balaban J connectivity index is 1.78. The largest absolute Gasteiger partial charge is 0.366 e. The highest BCUT2D eigenvalue weighted by molar-refractivity contribution is 5.83. The third-order valence-corrected chi connectivity index (χ3v) is 3.15. The number of ketones is 1. The first kappa shape index (κ1) is 12.3. The monoisotopic (exact) mass is 237 g/mol. The highest BCUT2D eigenvalue weighted by Crippen LogP contribution is 2.21. The summed E-state index contributed by atoms with van der Waals surface area (Å²) in [5, 5.41) is 4.07. The number of hydrogen-bond acceptors (Lipinski definition) is 4. The molecule has 1 aromatic rings. The van der Waals surface area contributed by atoms with Crippen LogP contribution in [0.15, 0.2) is 12.4 Å². The second kappa shape index (κ2) is 5.42. The molecular weight excluding hydrogens is 218 g/mol. The van der Waals surface area contributed by atoms with E-state index in [0.29, 0.717) is 13.0 Å². The SMILES string of the molecule is Cn1cc(CCC(=O)C2CCC(CN)O2)cn1. The second-order valence-electron chi connectivity index (χ2n) is 4.55. The Morgan fingerprint density at radius 1 is 1.65 bits per heavy atom. The van der Waals surface area contributed by atoms with Crippen LogP contribution in [-0.2, 0) is 23.0 Å². The van der Waals surface area contributed by atoms with Crippen molar-refractivity contribution >= 4 is 5.78 Å². The van der Waals surface area contributed by atoms with Crippen LogP contribution in [0, 0.1) is 0 Å². The molecule has 5 heteroatoms. The summed E-state index contributed by atoms with van der Waals surface area (Å²) >= 11 is 0. The Bertz CT molecular complexity index is 389. The standard InChI is InChI=1S/C12H19N3O2/c1-15-8-9(7-14-15)2-4-11(16)12-5-3-10(6-13)17-12/h7-8,10,12H,2-6,13H2,1H3. The summed E-state index contributed by atoms with van der Waals surface area (Å²) in [6.07, 6.45) is 6.54. The van der Waals surface area contributed by atoms with Crippen molar-refractivity contribution < 1.29 is 9.53 Å². The summed E-state index contributed by atoms with van der Waals surface area (Å²) in [5.74, 6) is 0.185. The molecule has 1 aromatic heterocycles. The van der Waals surface area contributed by atoms with Crippen LogP contribution in [0.1, 0.15) is 24.8 Å². The van der Waals surface area contributed by atoms with Crippen molar-refractivity contribution in [2.75, 3.05) is 6.54 Å². The zero-order chi connectivity index (χ0) is 12.3. The molecule has 2 unspecified atom stereocenters. The average molecular weight is 237 g/mol. The lowest BCUT2D eigenvalue weighted by Gasteiger charge is -2.10. The van der Waals surface area contributed by atoms with Gasteiger partial charge in [0.25, 0.3) is 0 Å². The Morgan fingerprint density at radius 3 is 3.06 bits per heavy atom. The van der Waals surface area contributed by atoms with Gasteiger partial charge in [-0.05, 0) is 24.8 Å². The number of carbonyl (C=O) groups excluding carboxylic acids is 1. The predicted molar refractivity (Wildman–Crippen MR) is 63.5 cm³/mol. The fourth-order valence-electron chi connectivity index (χ4n) is 2.15. The van der Waals surface area contributed by atoms with E-state index in [1.165, 1.54) is 0 Å². The minimum Gasteiger partial charge on any atom is -0.366 e. The first-order valence-corrected chi connectivity index (χ1v) is 6.05. The molecule has 0 saturated carbocycles. The van der Waals surface area contributed by atoms with Gasteiger partial charge in [0.1, 0.15) is 6.10 Å². The highest BCUT2D eigenvalue weighted by Gasteiger charge is 2.29. The summed E-state index contributed by atoms with van der Waals surface area (Å²) in [5.41, 5.74) is 6.61. The number of Topliss-reactive ketones (excluding diaryl/α,β-unsaturated/α-hetero) is 1. The first-order valence-electron chi connectivity index (χ1n) is 6.05. The molecule has 0 amide bonds. The van der Waals surface area contributed by atoms with Crippen LogP contribution in [0.5, 0.6) is 0 Å². The van der Waals surface area contributed by atoms with E-state index < -0.39 is 0 Å². The van der Waals surface area contributed by atoms with Gasteiger partial charge < -0.3 is 10.5 Å². The fourth-order valence-corrected chi connectivity index (χ4v) is 2.15. The number of ether oxygens (including phenoxy) is 1. The lowest BCUT2D eigenvalue weighted by Crippen LogP contribution is -2.25. The summed E-state index contributed by atoms with van der Waals surface area (Å²) < 4.78 is 7.32. The molecule has 0 spiro atoms. The van der Waals surface area contributed by atoms with Gasteiger partial charge in [0.2, 0.25) is 0 Å². The zero-order valence-corrected chi connectivity index (χ0v) is 10.1. The minimum absolute atomic E-state index is 0.0716. The molecule has 1 saturated heterocycles. The van der Waals surface area contributed by atoms with E-state index in [9.17, 15) is 4.79 Å². The van der Waals surface area contributed by atoms with Gasteiger partial charge in [-0.3, -0.25) is 9.48 Å². The third kappa shape index (κ3) is 3.14. The van der Waals surface area contributed by atoms with Crippen LogP contribution in [0.4, 0.5) is 0 Å². The topological polar surface area (TPSA) is 70.1 Å². The van der Waals surface area contributed by atoms with Gasteiger partial charge in [0, 0.05) is 26.2 Å². The number of nitrogens with zero attached hydrogens (tertiary/aromatic N) is 2. The van der Waals surface area contributed by atoms with Crippen molar-refractivity contribution in [2.45, 2.75) is 37.9 Å². The lowest BCUT2D eigenvalue weighted by molar-refractivity contribution is -0.129. The van der Waals surface area contributed by atoms with Crippen molar-refractivity contribution in [1.82, 2.24) is 9.78 Å². The van der Waals surface area contributed by atoms with Crippen molar-refractivity contribution in [1.29, 1.82) is 0 Å². The number of aromatic nitrogens is 2. The van der Waals surface area contributed by atoms with Gasteiger partial charge in [0.05, 0.1) is 12.3 Å². The molecule has 1 aliphatic rings. The molecule has 1 aliphatic heterocycles. The molecule has 2 heterocycles. The Kier molecular flexibility index (Phi) is 3.91. The molecule has 0 radical (unpaired) electrons.